The minimum atomic E-state index is -0.526. The molecule has 0 aliphatic rings. The van der Waals surface area contributed by atoms with E-state index in [1.807, 2.05) is 6.26 Å². The van der Waals surface area contributed by atoms with Crippen LogP contribution in [0.25, 0.3) is 21.9 Å². The SMILES string of the molecule is COC(=O)c1ccc2oc3c(O)cc(SC)cc3c(=O)c2c1. The van der Waals surface area contributed by atoms with Crippen molar-refractivity contribution < 1.29 is 19.1 Å². The number of benzene rings is 2. The highest BCUT2D eigenvalue weighted by Gasteiger charge is 2.14. The molecule has 0 amide bonds. The smallest absolute Gasteiger partial charge is 0.337 e. The number of thioether (sulfide) groups is 1. The normalized spacial score (nSPS) is 11.0. The molecule has 3 rings (SSSR count). The Balaban J connectivity index is 2.40. The van der Waals surface area contributed by atoms with Crippen LogP contribution in [0.3, 0.4) is 0 Å². The fraction of sp³-hybridized carbons (Fsp3) is 0.125. The summed E-state index contributed by atoms with van der Waals surface area (Å²) in [5.41, 5.74) is 0.415. The van der Waals surface area contributed by atoms with Gasteiger partial charge < -0.3 is 14.3 Å². The van der Waals surface area contributed by atoms with Gasteiger partial charge in [-0.15, -0.1) is 11.8 Å². The summed E-state index contributed by atoms with van der Waals surface area (Å²) in [6, 6.07) is 7.68. The minimum absolute atomic E-state index is 0.0853. The molecule has 1 N–H and O–H groups in total. The molecule has 0 saturated carbocycles. The molecule has 3 aromatic rings. The molecule has 22 heavy (non-hydrogen) atoms. The first-order valence-electron chi connectivity index (χ1n) is 6.41. The van der Waals surface area contributed by atoms with Crippen molar-refractivity contribution in [3.63, 3.8) is 0 Å². The third-order valence-electron chi connectivity index (χ3n) is 3.38. The summed E-state index contributed by atoms with van der Waals surface area (Å²) in [7, 11) is 1.28. The maximum Gasteiger partial charge on any atom is 0.337 e. The van der Waals surface area contributed by atoms with Gasteiger partial charge >= 0.3 is 5.97 Å². The lowest BCUT2D eigenvalue weighted by Gasteiger charge is -2.06. The molecule has 0 radical (unpaired) electrons. The quantitative estimate of drug-likeness (QED) is 0.444. The number of methoxy groups -OCH3 is 1. The lowest BCUT2D eigenvalue weighted by Crippen LogP contribution is -2.06. The van der Waals surface area contributed by atoms with Crippen LogP contribution in [0, 0.1) is 0 Å². The molecule has 1 aromatic heterocycles. The average Bonchev–Trinajstić information content (AvgIpc) is 2.54. The van der Waals surface area contributed by atoms with Crippen molar-refractivity contribution in [2.45, 2.75) is 4.90 Å². The van der Waals surface area contributed by atoms with E-state index < -0.39 is 5.97 Å². The number of aromatic hydroxyl groups is 1. The fourth-order valence-electron chi connectivity index (χ4n) is 2.28. The Bertz CT molecular complexity index is 958. The Labute approximate surface area is 129 Å². The molecule has 1 heterocycles. The van der Waals surface area contributed by atoms with Gasteiger partial charge in [-0.2, -0.15) is 0 Å². The van der Waals surface area contributed by atoms with Crippen LogP contribution in [0.2, 0.25) is 0 Å². The van der Waals surface area contributed by atoms with Gasteiger partial charge in [0.05, 0.1) is 23.4 Å². The Morgan fingerprint density at radius 1 is 1.23 bits per heavy atom. The number of fused-ring (bicyclic) bond motifs is 2. The second kappa shape index (κ2) is 5.38. The van der Waals surface area contributed by atoms with E-state index in [4.69, 9.17) is 4.42 Å². The van der Waals surface area contributed by atoms with Crippen LogP contribution in [0.1, 0.15) is 10.4 Å². The maximum atomic E-state index is 12.6. The van der Waals surface area contributed by atoms with E-state index in [1.54, 1.807) is 12.1 Å². The second-order valence-electron chi connectivity index (χ2n) is 4.66. The monoisotopic (exact) mass is 316 g/mol. The van der Waals surface area contributed by atoms with Gasteiger partial charge in [0.25, 0.3) is 0 Å². The van der Waals surface area contributed by atoms with Crippen LogP contribution in [0.5, 0.6) is 5.75 Å². The van der Waals surface area contributed by atoms with E-state index >= 15 is 0 Å². The lowest BCUT2D eigenvalue weighted by atomic mass is 10.1. The number of hydrogen-bond donors (Lipinski definition) is 1. The molecule has 0 aliphatic heterocycles. The number of ether oxygens (including phenoxy) is 1. The van der Waals surface area contributed by atoms with Crippen molar-refractivity contribution in [1.82, 2.24) is 0 Å². The van der Waals surface area contributed by atoms with E-state index in [0.29, 0.717) is 5.58 Å². The predicted molar refractivity (Wildman–Crippen MR) is 84.8 cm³/mol. The molecule has 2 aromatic carbocycles. The first-order chi connectivity index (χ1) is 10.5. The number of esters is 1. The van der Waals surface area contributed by atoms with Gasteiger partial charge in [0, 0.05) is 4.90 Å². The van der Waals surface area contributed by atoms with Crippen molar-refractivity contribution in [2.75, 3.05) is 13.4 Å². The second-order valence-corrected chi connectivity index (χ2v) is 5.54. The van der Waals surface area contributed by atoms with E-state index in [2.05, 4.69) is 4.74 Å². The molecule has 5 nitrogen and oxygen atoms in total. The first kappa shape index (κ1) is 14.5. The highest BCUT2D eigenvalue weighted by atomic mass is 32.2. The standard InChI is InChI=1S/C16H12O5S/c1-20-16(19)8-3-4-13-10(5-8)14(18)11-6-9(22-2)7-12(17)15(11)21-13/h3-7,17H,1-2H3. The van der Waals surface area contributed by atoms with Crippen LogP contribution >= 0.6 is 11.8 Å². The van der Waals surface area contributed by atoms with E-state index in [9.17, 15) is 14.7 Å². The largest absolute Gasteiger partial charge is 0.504 e. The summed E-state index contributed by atoms with van der Waals surface area (Å²) in [4.78, 5) is 25.0. The zero-order chi connectivity index (χ0) is 15.9. The third kappa shape index (κ3) is 2.21. The molecule has 0 unspecified atom stereocenters. The Kier molecular flexibility index (Phi) is 3.54. The van der Waals surface area contributed by atoms with Gasteiger partial charge in [-0.05, 0) is 36.6 Å². The van der Waals surface area contributed by atoms with E-state index in [0.717, 1.165) is 4.90 Å². The third-order valence-corrected chi connectivity index (χ3v) is 4.09. The highest BCUT2D eigenvalue weighted by molar-refractivity contribution is 7.98. The van der Waals surface area contributed by atoms with Crippen LogP contribution in [-0.2, 0) is 4.74 Å². The average molecular weight is 316 g/mol. The molecule has 0 aliphatic carbocycles. The lowest BCUT2D eigenvalue weighted by molar-refractivity contribution is 0.0601. The number of hydrogen-bond acceptors (Lipinski definition) is 6. The van der Waals surface area contributed by atoms with Crippen LogP contribution < -0.4 is 5.43 Å². The van der Waals surface area contributed by atoms with Crippen molar-refractivity contribution in [3.8, 4) is 5.75 Å². The van der Waals surface area contributed by atoms with E-state index in [1.165, 1.54) is 37.1 Å². The number of carbonyl (C=O) groups excluding carboxylic acids is 1. The summed E-state index contributed by atoms with van der Waals surface area (Å²) >= 11 is 1.41. The number of phenolic OH excluding ortho intramolecular Hbond substituents is 1. The fourth-order valence-corrected chi connectivity index (χ4v) is 2.74. The van der Waals surface area contributed by atoms with Gasteiger partial charge in [0.1, 0.15) is 5.58 Å². The van der Waals surface area contributed by atoms with Gasteiger partial charge in [0.15, 0.2) is 11.3 Å². The molecule has 0 bridgehead atoms. The topological polar surface area (TPSA) is 76.7 Å². The number of phenols is 1. The maximum absolute atomic E-state index is 12.6. The van der Waals surface area contributed by atoms with Gasteiger partial charge in [0.2, 0.25) is 5.43 Å². The zero-order valence-electron chi connectivity index (χ0n) is 11.9. The van der Waals surface area contributed by atoms with Crippen LogP contribution in [0.4, 0.5) is 0 Å². The molecule has 0 atom stereocenters. The van der Waals surface area contributed by atoms with Crippen molar-refractivity contribution >= 4 is 39.7 Å². The molecular weight excluding hydrogens is 304 g/mol. The minimum Gasteiger partial charge on any atom is -0.504 e. The summed E-state index contributed by atoms with van der Waals surface area (Å²) < 4.78 is 10.3. The zero-order valence-corrected chi connectivity index (χ0v) is 12.7. The van der Waals surface area contributed by atoms with Crippen LogP contribution in [-0.4, -0.2) is 24.4 Å². The summed E-state index contributed by atoms with van der Waals surface area (Å²) in [5, 5.41) is 10.6. The number of carbonyl (C=O) groups is 1. The van der Waals surface area contributed by atoms with Crippen molar-refractivity contribution in [1.29, 1.82) is 0 Å². The number of rotatable bonds is 2. The van der Waals surface area contributed by atoms with Crippen molar-refractivity contribution in [3.05, 3.63) is 46.1 Å². The molecule has 0 fully saturated rings. The summed E-state index contributed by atoms with van der Waals surface area (Å²) in [5.74, 6) is -0.611. The molecule has 112 valence electrons. The first-order valence-corrected chi connectivity index (χ1v) is 7.63. The molecular formula is C16H12O5S. The van der Waals surface area contributed by atoms with Gasteiger partial charge in [-0.25, -0.2) is 4.79 Å². The highest BCUT2D eigenvalue weighted by Crippen LogP contribution is 2.31. The summed E-state index contributed by atoms with van der Waals surface area (Å²) in [6.45, 7) is 0. The molecule has 0 spiro atoms. The molecule has 6 heteroatoms. The van der Waals surface area contributed by atoms with Gasteiger partial charge in [-0.1, -0.05) is 0 Å². The van der Waals surface area contributed by atoms with Crippen molar-refractivity contribution in [2.24, 2.45) is 0 Å². The van der Waals surface area contributed by atoms with E-state index in [-0.39, 0.29) is 33.1 Å². The Morgan fingerprint density at radius 3 is 2.68 bits per heavy atom. The predicted octanol–water partition coefficient (Wildman–Crippen LogP) is 3.16. The van der Waals surface area contributed by atoms with Gasteiger partial charge in [-0.3, -0.25) is 4.79 Å². The Hall–Kier alpha value is -2.47. The molecule has 0 saturated heterocycles. The summed E-state index contributed by atoms with van der Waals surface area (Å²) in [6.07, 6.45) is 1.85. The Morgan fingerprint density at radius 2 is 2.00 bits per heavy atom. The van der Waals surface area contributed by atoms with Crippen LogP contribution in [0.15, 0.2) is 44.4 Å².